The van der Waals surface area contributed by atoms with Crippen molar-refractivity contribution < 1.29 is 14.9 Å². The summed E-state index contributed by atoms with van der Waals surface area (Å²) in [6, 6.07) is 0. The lowest BCUT2D eigenvalue weighted by Gasteiger charge is -2.22. The van der Waals surface area contributed by atoms with Crippen LogP contribution in [0.15, 0.2) is 0 Å². The molecule has 0 amide bonds. The van der Waals surface area contributed by atoms with Gasteiger partial charge in [0, 0.05) is 11.1 Å². The third-order valence-corrected chi connectivity index (χ3v) is 6.31. The fourth-order valence-electron chi connectivity index (χ4n) is 4.38. The molecule has 1 aromatic carbocycles. The molecule has 0 unspecified atom stereocenters. The number of rotatable bonds is 19. The van der Waals surface area contributed by atoms with Crippen LogP contribution >= 0.6 is 0 Å². The first kappa shape index (κ1) is 27.7. The zero-order chi connectivity index (χ0) is 22.9. The Balaban J connectivity index is 3.20. The van der Waals surface area contributed by atoms with Crippen LogP contribution in [0.25, 0.3) is 0 Å². The van der Waals surface area contributed by atoms with Crippen LogP contribution < -0.4 is 4.74 Å². The van der Waals surface area contributed by atoms with Crippen LogP contribution in [0.4, 0.5) is 0 Å². The monoisotopic (exact) mass is 434 g/mol. The molecule has 2 N–H and O–H groups in total. The predicted molar refractivity (Wildman–Crippen MR) is 134 cm³/mol. The summed E-state index contributed by atoms with van der Waals surface area (Å²) < 4.78 is 6.18. The molecule has 0 spiro atoms. The van der Waals surface area contributed by atoms with Gasteiger partial charge in [0.25, 0.3) is 0 Å². The minimum Gasteiger partial charge on any atom is -0.504 e. The van der Waals surface area contributed by atoms with Gasteiger partial charge in [0.15, 0.2) is 11.5 Å². The molecular formula is C28H50O3. The molecule has 0 aromatic heterocycles. The van der Waals surface area contributed by atoms with Crippen molar-refractivity contribution in [1.82, 2.24) is 0 Å². The summed E-state index contributed by atoms with van der Waals surface area (Å²) in [4.78, 5) is 0. The van der Waals surface area contributed by atoms with Gasteiger partial charge in [-0.1, -0.05) is 91.9 Å². The zero-order valence-electron chi connectivity index (χ0n) is 21.0. The highest BCUT2D eigenvalue weighted by Crippen LogP contribution is 2.46. The van der Waals surface area contributed by atoms with Crippen LogP contribution in [0.2, 0.25) is 0 Å². The maximum absolute atomic E-state index is 11.0. The smallest absolute Gasteiger partial charge is 0.201 e. The van der Waals surface area contributed by atoms with E-state index in [0.29, 0.717) is 12.4 Å². The van der Waals surface area contributed by atoms with Gasteiger partial charge < -0.3 is 14.9 Å². The standard InChI is InChI=1S/C28H50O3/c1-5-9-13-14-18-22-31-28-25(21-17-12-8-4)23(19-15-10-6-2)24(20-16-11-7-3)26(29)27(28)30/h29-30H,5-22H2,1-4H3. The van der Waals surface area contributed by atoms with Crippen molar-refractivity contribution in [3.05, 3.63) is 16.7 Å². The molecule has 0 atom stereocenters. The molecular weight excluding hydrogens is 384 g/mol. The van der Waals surface area contributed by atoms with E-state index in [1.165, 1.54) is 56.1 Å². The molecule has 0 fully saturated rings. The molecule has 0 saturated heterocycles. The lowest BCUT2D eigenvalue weighted by Crippen LogP contribution is -2.08. The van der Waals surface area contributed by atoms with Crippen LogP contribution in [0.5, 0.6) is 17.2 Å². The number of phenolic OH excluding ortho intramolecular Hbond substituents is 2. The van der Waals surface area contributed by atoms with E-state index in [1.54, 1.807) is 0 Å². The number of aromatic hydroxyl groups is 2. The van der Waals surface area contributed by atoms with E-state index in [0.717, 1.165) is 69.8 Å². The van der Waals surface area contributed by atoms with Crippen molar-refractivity contribution in [2.75, 3.05) is 6.61 Å². The van der Waals surface area contributed by atoms with Gasteiger partial charge >= 0.3 is 0 Å². The van der Waals surface area contributed by atoms with Crippen LogP contribution in [0, 0.1) is 0 Å². The molecule has 31 heavy (non-hydrogen) atoms. The van der Waals surface area contributed by atoms with Gasteiger partial charge in [-0.05, 0) is 50.5 Å². The third kappa shape index (κ3) is 9.74. The summed E-state index contributed by atoms with van der Waals surface area (Å²) >= 11 is 0. The Labute approximate surface area is 192 Å². The Morgan fingerprint density at radius 1 is 0.484 bits per heavy atom. The van der Waals surface area contributed by atoms with E-state index in [4.69, 9.17) is 4.74 Å². The molecule has 1 rings (SSSR count). The maximum Gasteiger partial charge on any atom is 0.201 e. The zero-order valence-corrected chi connectivity index (χ0v) is 21.0. The van der Waals surface area contributed by atoms with Gasteiger partial charge in [0.2, 0.25) is 5.75 Å². The highest BCUT2D eigenvalue weighted by molar-refractivity contribution is 5.62. The fourth-order valence-corrected chi connectivity index (χ4v) is 4.38. The van der Waals surface area contributed by atoms with Crippen molar-refractivity contribution in [3.8, 4) is 17.2 Å². The van der Waals surface area contributed by atoms with Crippen molar-refractivity contribution in [2.24, 2.45) is 0 Å². The first-order valence-electron chi connectivity index (χ1n) is 13.3. The maximum atomic E-state index is 11.0. The topological polar surface area (TPSA) is 49.7 Å². The molecule has 0 aliphatic carbocycles. The molecule has 0 aliphatic heterocycles. The van der Waals surface area contributed by atoms with Gasteiger partial charge in [-0.3, -0.25) is 0 Å². The summed E-state index contributed by atoms with van der Waals surface area (Å²) in [5, 5.41) is 21.9. The lowest BCUT2D eigenvalue weighted by atomic mass is 9.88. The Bertz CT molecular complexity index is 595. The van der Waals surface area contributed by atoms with Crippen molar-refractivity contribution in [2.45, 2.75) is 137 Å². The number of benzene rings is 1. The molecule has 180 valence electrons. The van der Waals surface area contributed by atoms with Crippen LogP contribution in [0.3, 0.4) is 0 Å². The average Bonchev–Trinajstić information content (AvgIpc) is 2.77. The first-order chi connectivity index (χ1) is 15.1. The van der Waals surface area contributed by atoms with Crippen molar-refractivity contribution in [3.63, 3.8) is 0 Å². The Hall–Kier alpha value is -1.38. The second kappa shape index (κ2) is 17.2. The Kier molecular flexibility index (Phi) is 15.4. The highest BCUT2D eigenvalue weighted by atomic mass is 16.5. The molecule has 0 heterocycles. The Morgan fingerprint density at radius 2 is 0.935 bits per heavy atom. The largest absolute Gasteiger partial charge is 0.504 e. The van der Waals surface area contributed by atoms with Crippen LogP contribution in [0.1, 0.15) is 134 Å². The first-order valence-corrected chi connectivity index (χ1v) is 13.3. The van der Waals surface area contributed by atoms with Crippen molar-refractivity contribution >= 4 is 0 Å². The van der Waals surface area contributed by atoms with Gasteiger partial charge in [-0.25, -0.2) is 0 Å². The summed E-state index contributed by atoms with van der Waals surface area (Å²) in [7, 11) is 0. The molecule has 0 bridgehead atoms. The number of unbranched alkanes of at least 4 members (excludes halogenated alkanes) is 10. The second-order valence-electron chi connectivity index (χ2n) is 9.10. The van der Waals surface area contributed by atoms with Crippen molar-refractivity contribution in [1.29, 1.82) is 0 Å². The van der Waals surface area contributed by atoms with E-state index >= 15 is 0 Å². The van der Waals surface area contributed by atoms with Crippen LogP contribution in [-0.2, 0) is 19.3 Å². The van der Waals surface area contributed by atoms with E-state index < -0.39 is 0 Å². The minimum absolute atomic E-state index is 0.0224. The van der Waals surface area contributed by atoms with E-state index in [9.17, 15) is 10.2 Å². The normalized spacial score (nSPS) is 11.2. The number of ether oxygens (including phenoxy) is 1. The molecule has 0 aliphatic rings. The minimum atomic E-state index is -0.0224. The molecule has 3 heteroatoms. The Morgan fingerprint density at radius 3 is 1.48 bits per heavy atom. The molecule has 1 aromatic rings. The number of phenols is 2. The van der Waals surface area contributed by atoms with Gasteiger partial charge in [0.1, 0.15) is 0 Å². The summed E-state index contributed by atoms with van der Waals surface area (Å²) in [6.07, 6.45) is 18.9. The molecule has 0 saturated carbocycles. The molecule has 3 nitrogen and oxygen atoms in total. The molecule has 0 radical (unpaired) electrons. The quantitative estimate of drug-likeness (QED) is 0.169. The van der Waals surface area contributed by atoms with Crippen LogP contribution in [-0.4, -0.2) is 16.8 Å². The summed E-state index contributed by atoms with van der Waals surface area (Å²) in [5.74, 6) is 0.614. The van der Waals surface area contributed by atoms with Gasteiger partial charge in [0.05, 0.1) is 6.61 Å². The van der Waals surface area contributed by atoms with E-state index in [1.807, 2.05) is 0 Å². The lowest BCUT2D eigenvalue weighted by molar-refractivity contribution is 0.278. The number of hydrogen-bond acceptors (Lipinski definition) is 3. The highest BCUT2D eigenvalue weighted by Gasteiger charge is 2.24. The van der Waals surface area contributed by atoms with E-state index in [-0.39, 0.29) is 11.5 Å². The fraction of sp³-hybridized carbons (Fsp3) is 0.786. The SMILES string of the molecule is CCCCCCCOc1c(O)c(O)c(CCCCC)c(CCCCC)c1CCCCC. The van der Waals surface area contributed by atoms with Gasteiger partial charge in [-0.15, -0.1) is 0 Å². The summed E-state index contributed by atoms with van der Waals surface area (Å²) in [5.41, 5.74) is 3.40. The van der Waals surface area contributed by atoms with E-state index in [2.05, 4.69) is 27.7 Å². The van der Waals surface area contributed by atoms with Gasteiger partial charge in [-0.2, -0.15) is 0 Å². The average molecular weight is 435 g/mol. The number of hydrogen-bond donors (Lipinski definition) is 2. The second-order valence-corrected chi connectivity index (χ2v) is 9.10. The predicted octanol–water partition coefficient (Wildman–Crippen LogP) is 8.65. The summed E-state index contributed by atoms with van der Waals surface area (Å²) in [6.45, 7) is 9.49. The third-order valence-electron chi connectivity index (χ3n) is 6.31.